The fourth-order valence-corrected chi connectivity index (χ4v) is 2.11. The van der Waals surface area contributed by atoms with Crippen LogP contribution >= 0.6 is 0 Å². The monoisotopic (exact) mass is 235 g/mol. The number of nitrogens with one attached hydrogen (secondary N) is 1. The van der Waals surface area contributed by atoms with Crippen molar-refractivity contribution in [2.24, 2.45) is 0 Å². The molecule has 2 rings (SSSR count). The summed E-state index contributed by atoms with van der Waals surface area (Å²) in [6.07, 6.45) is 1.68. The summed E-state index contributed by atoms with van der Waals surface area (Å²) in [5.74, 6) is -0.201. The van der Waals surface area contributed by atoms with E-state index in [1.165, 1.54) is 12.7 Å². The highest BCUT2D eigenvalue weighted by Gasteiger charge is 2.24. The molecule has 0 saturated carbocycles. The molecule has 17 heavy (non-hydrogen) atoms. The second kappa shape index (κ2) is 5.19. The van der Waals surface area contributed by atoms with Crippen LogP contribution in [0.15, 0.2) is 18.2 Å². The van der Waals surface area contributed by atoms with Crippen LogP contribution in [0.2, 0.25) is 0 Å². The van der Waals surface area contributed by atoms with E-state index in [1.807, 2.05) is 6.07 Å². The van der Waals surface area contributed by atoms with Crippen molar-refractivity contribution in [3.63, 3.8) is 0 Å². The number of fused-ring (bicyclic) bond motifs is 1. The number of methoxy groups -OCH3 is 2. The lowest BCUT2D eigenvalue weighted by molar-refractivity contribution is -0.141. The molecule has 4 heteroatoms. The van der Waals surface area contributed by atoms with Crippen LogP contribution in [-0.2, 0) is 27.3 Å². The molecule has 0 aliphatic carbocycles. The largest absolute Gasteiger partial charge is 0.467 e. The van der Waals surface area contributed by atoms with Gasteiger partial charge in [0.1, 0.15) is 6.04 Å². The Morgan fingerprint density at radius 3 is 3.00 bits per heavy atom. The zero-order valence-corrected chi connectivity index (χ0v) is 10.2. The summed E-state index contributed by atoms with van der Waals surface area (Å²) < 4.78 is 9.85. The van der Waals surface area contributed by atoms with Gasteiger partial charge in [0.15, 0.2) is 0 Å². The van der Waals surface area contributed by atoms with Crippen molar-refractivity contribution in [3.8, 4) is 0 Å². The molecule has 1 atom stereocenters. The summed E-state index contributed by atoms with van der Waals surface area (Å²) in [7, 11) is 3.09. The van der Waals surface area contributed by atoms with Gasteiger partial charge in [-0.1, -0.05) is 12.1 Å². The third-order valence-corrected chi connectivity index (χ3v) is 3.00. The Hall–Kier alpha value is -1.55. The normalized spacial score (nSPS) is 18.1. The molecular weight excluding hydrogens is 218 g/mol. The maximum absolute atomic E-state index is 11.5. The minimum absolute atomic E-state index is 0.201. The number of ether oxygens (including phenoxy) is 2. The standard InChI is InChI=1S/C13H17NO3/c1-16-8-9-3-4-10-5-6-11(13(15)17-2)14-12(10)7-9/h3-4,7,11,14H,5-6,8H2,1-2H3. The first-order valence-electron chi connectivity index (χ1n) is 5.69. The highest BCUT2D eigenvalue weighted by Crippen LogP contribution is 2.26. The van der Waals surface area contributed by atoms with Gasteiger partial charge in [-0.15, -0.1) is 0 Å². The van der Waals surface area contributed by atoms with Crippen molar-refractivity contribution in [1.29, 1.82) is 0 Å². The first-order valence-corrected chi connectivity index (χ1v) is 5.69. The number of benzene rings is 1. The lowest BCUT2D eigenvalue weighted by Gasteiger charge is -2.25. The minimum Gasteiger partial charge on any atom is -0.467 e. The molecular formula is C13H17NO3. The lowest BCUT2D eigenvalue weighted by Crippen LogP contribution is -2.34. The van der Waals surface area contributed by atoms with Crippen LogP contribution in [0.4, 0.5) is 5.69 Å². The molecule has 1 aliphatic rings. The lowest BCUT2D eigenvalue weighted by atomic mass is 9.97. The Labute approximate surface area is 101 Å². The molecule has 1 heterocycles. The molecule has 0 saturated heterocycles. The average Bonchev–Trinajstić information content (AvgIpc) is 2.37. The zero-order chi connectivity index (χ0) is 12.3. The number of hydrogen-bond acceptors (Lipinski definition) is 4. The first kappa shape index (κ1) is 11.9. The van der Waals surface area contributed by atoms with Crippen LogP contribution in [0.1, 0.15) is 17.5 Å². The van der Waals surface area contributed by atoms with Gasteiger partial charge in [0.05, 0.1) is 13.7 Å². The second-order valence-electron chi connectivity index (χ2n) is 4.18. The van der Waals surface area contributed by atoms with Gasteiger partial charge in [-0.3, -0.25) is 0 Å². The van der Waals surface area contributed by atoms with E-state index in [-0.39, 0.29) is 12.0 Å². The Bertz CT molecular complexity index is 417. The third kappa shape index (κ3) is 2.58. The summed E-state index contributed by atoms with van der Waals surface area (Å²) in [4.78, 5) is 11.5. The molecule has 1 aromatic carbocycles. The van der Waals surface area contributed by atoms with Crippen molar-refractivity contribution in [1.82, 2.24) is 0 Å². The Kier molecular flexibility index (Phi) is 3.64. The smallest absolute Gasteiger partial charge is 0.328 e. The van der Waals surface area contributed by atoms with Gasteiger partial charge in [-0.2, -0.15) is 0 Å². The van der Waals surface area contributed by atoms with Gasteiger partial charge in [0.25, 0.3) is 0 Å². The van der Waals surface area contributed by atoms with E-state index in [1.54, 1.807) is 7.11 Å². The maximum atomic E-state index is 11.5. The molecule has 1 unspecified atom stereocenters. The SMILES string of the molecule is COCc1ccc2c(c1)NC(C(=O)OC)CC2. The van der Waals surface area contributed by atoms with Crippen LogP contribution in [0.5, 0.6) is 0 Å². The predicted molar refractivity (Wildman–Crippen MR) is 64.9 cm³/mol. The van der Waals surface area contributed by atoms with Crippen molar-refractivity contribution in [2.75, 3.05) is 19.5 Å². The number of aryl methyl sites for hydroxylation is 1. The molecule has 1 aliphatic heterocycles. The number of anilines is 1. The van der Waals surface area contributed by atoms with Gasteiger partial charge in [0, 0.05) is 12.8 Å². The molecule has 0 aromatic heterocycles. The number of rotatable bonds is 3. The molecule has 0 spiro atoms. The van der Waals surface area contributed by atoms with Crippen molar-refractivity contribution >= 4 is 11.7 Å². The molecule has 4 nitrogen and oxygen atoms in total. The van der Waals surface area contributed by atoms with Crippen LogP contribution < -0.4 is 5.32 Å². The van der Waals surface area contributed by atoms with E-state index in [9.17, 15) is 4.79 Å². The zero-order valence-electron chi connectivity index (χ0n) is 10.2. The van der Waals surface area contributed by atoms with E-state index in [0.29, 0.717) is 6.61 Å². The van der Waals surface area contributed by atoms with Crippen molar-refractivity contribution in [2.45, 2.75) is 25.5 Å². The van der Waals surface area contributed by atoms with Gasteiger partial charge >= 0.3 is 5.97 Å². The van der Waals surface area contributed by atoms with Crippen LogP contribution in [-0.4, -0.2) is 26.2 Å². The Morgan fingerprint density at radius 1 is 1.47 bits per heavy atom. The number of carbonyl (C=O) groups is 1. The van der Waals surface area contributed by atoms with Crippen LogP contribution in [0.25, 0.3) is 0 Å². The molecule has 0 fully saturated rings. The molecule has 0 amide bonds. The number of hydrogen-bond donors (Lipinski definition) is 1. The molecule has 92 valence electrons. The van der Waals surface area contributed by atoms with Crippen molar-refractivity contribution < 1.29 is 14.3 Å². The quantitative estimate of drug-likeness (QED) is 0.811. The van der Waals surface area contributed by atoms with Gasteiger partial charge in [-0.25, -0.2) is 4.79 Å². The van der Waals surface area contributed by atoms with Gasteiger partial charge in [-0.05, 0) is 30.0 Å². The fraction of sp³-hybridized carbons (Fsp3) is 0.462. The Balaban J connectivity index is 2.17. The highest BCUT2D eigenvalue weighted by molar-refractivity contribution is 5.80. The van der Waals surface area contributed by atoms with Crippen molar-refractivity contribution in [3.05, 3.63) is 29.3 Å². The second-order valence-corrected chi connectivity index (χ2v) is 4.18. The Morgan fingerprint density at radius 2 is 2.29 bits per heavy atom. The highest BCUT2D eigenvalue weighted by atomic mass is 16.5. The maximum Gasteiger partial charge on any atom is 0.328 e. The minimum atomic E-state index is -0.231. The average molecular weight is 235 g/mol. The summed E-state index contributed by atoms with van der Waals surface area (Å²) in [6.45, 7) is 0.581. The molecule has 1 aromatic rings. The number of esters is 1. The summed E-state index contributed by atoms with van der Waals surface area (Å²) in [5, 5.41) is 3.22. The topological polar surface area (TPSA) is 47.6 Å². The van der Waals surface area contributed by atoms with E-state index in [0.717, 1.165) is 24.1 Å². The van der Waals surface area contributed by atoms with Crippen LogP contribution in [0.3, 0.4) is 0 Å². The molecule has 1 N–H and O–H groups in total. The van der Waals surface area contributed by atoms with Gasteiger partial charge < -0.3 is 14.8 Å². The van der Waals surface area contributed by atoms with E-state index in [4.69, 9.17) is 9.47 Å². The predicted octanol–water partition coefficient (Wildman–Crippen LogP) is 1.73. The van der Waals surface area contributed by atoms with E-state index in [2.05, 4.69) is 17.4 Å². The van der Waals surface area contributed by atoms with E-state index < -0.39 is 0 Å². The third-order valence-electron chi connectivity index (χ3n) is 3.00. The van der Waals surface area contributed by atoms with E-state index >= 15 is 0 Å². The molecule has 0 radical (unpaired) electrons. The van der Waals surface area contributed by atoms with Gasteiger partial charge in [0.2, 0.25) is 0 Å². The first-order chi connectivity index (χ1) is 8.24. The summed E-state index contributed by atoms with van der Waals surface area (Å²) in [5.41, 5.74) is 3.36. The summed E-state index contributed by atoms with van der Waals surface area (Å²) >= 11 is 0. The molecule has 0 bridgehead atoms. The fourth-order valence-electron chi connectivity index (χ4n) is 2.11. The number of carbonyl (C=O) groups excluding carboxylic acids is 1. The van der Waals surface area contributed by atoms with Crippen LogP contribution in [0, 0.1) is 0 Å². The summed E-state index contributed by atoms with van der Waals surface area (Å²) in [6, 6.07) is 5.95.